The molecule has 2 heterocycles. The van der Waals surface area contributed by atoms with Gasteiger partial charge in [0, 0.05) is 36.2 Å². The predicted molar refractivity (Wildman–Crippen MR) is 138 cm³/mol. The molecule has 7 nitrogen and oxygen atoms in total. The number of piperidine rings is 1. The second-order valence-electron chi connectivity index (χ2n) is 10.0. The van der Waals surface area contributed by atoms with Crippen molar-refractivity contribution in [3.63, 3.8) is 0 Å². The van der Waals surface area contributed by atoms with Crippen LogP contribution in [0.25, 0.3) is 10.9 Å². The van der Waals surface area contributed by atoms with E-state index < -0.39 is 46.4 Å². The van der Waals surface area contributed by atoms with Crippen LogP contribution in [0.5, 0.6) is 5.75 Å². The van der Waals surface area contributed by atoms with E-state index in [1.807, 2.05) is 4.90 Å². The van der Waals surface area contributed by atoms with Gasteiger partial charge < -0.3 is 25.2 Å². The Bertz CT molecular complexity index is 1310. The van der Waals surface area contributed by atoms with E-state index >= 15 is 0 Å². The molecule has 0 bridgehead atoms. The molecule has 1 atom stereocenters. The Kier molecular flexibility index (Phi) is 8.91. The SMILES string of the molecule is COc1ccc2ncc(F)c([C@H](O)CCC3(CC(=O)O)CCN(CCNc4c(F)cc(F)cc4F)CC3)c2c1. The van der Waals surface area contributed by atoms with Gasteiger partial charge in [-0.15, -0.1) is 0 Å². The number of methoxy groups -OCH3 is 1. The number of halogens is 4. The van der Waals surface area contributed by atoms with Crippen molar-refractivity contribution >= 4 is 22.6 Å². The monoisotopic (exact) mass is 549 g/mol. The van der Waals surface area contributed by atoms with E-state index in [0.717, 1.165) is 6.20 Å². The number of aliphatic hydroxyl groups excluding tert-OH is 1. The molecule has 3 N–H and O–H groups in total. The number of aliphatic carboxylic acids is 1. The summed E-state index contributed by atoms with van der Waals surface area (Å²) < 4.78 is 60.9. The van der Waals surface area contributed by atoms with E-state index in [1.54, 1.807) is 18.2 Å². The van der Waals surface area contributed by atoms with Crippen LogP contribution >= 0.6 is 0 Å². The predicted octanol–water partition coefficient (Wildman–Crippen LogP) is 5.28. The topological polar surface area (TPSA) is 94.9 Å². The number of nitrogens with zero attached hydrogens (tertiary/aromatic N) is 2. The smallest absolute Gasteiger partial charge is 0.303 e. The number of carboxylic acid groups (broad SMARTS) is 1. The van der Waals surface area contributed by atoms with Crippen LogP contribution < -0.4 is 10.1 Å². The van der Waals surface area contributed by atoms with Crippen molar-refractivity contribution in [3.05, 3.63) is 65.4 Å². The normalized spacial score (nSPS) is 16.3. The largest absolute Gasteiger partial charge is 0.497 e. The van der Waals surface area contributed by atoms with Crippen molar-refractivity contribution in [2.75, 3.05) is 38.6 Å². The number of likely N-dealkylation sites (tertiary alicyclic amines) is 1. The Morgan fingerprint density at radius 1 is 1.13 bits per heavy atom. The summed E-state index contributed by atoms with van der Waals surface area (Å²) in [5, 5.41) is 23.7. The van der Waals surface area contributed by atoms with Gasteiger partial charge in [0.2, 0.25) is 0 Å². The van der Waals surface area contributed by atoms with Crippen LogP contribution in [0.15, 0.2) is 36.5 Å². The van der Waals surface area contributed by atoms with Crippen molar-refractivity contribution in [2.24, 2.45) is 5.41 Å². The van der Waals surface area contributed by atoms with Gasteiger partial charge in [-0.2, -0.15) is 0 Å². The zero-order valence-electron chi connectivity index (χ0n) is 21.5. The Hall–Kier alpha value is -3.44. The number of aromatic nitrogens is 1. The van der Waals surface area contributed by atoms with E-state index in [4.69, 9.17) is 4.74 Å². The minimum absolute atomic E-state index is 0.0921. The summed E-state index contributed by atoms with van der Waals surface area (Å²) in [4.78, 5) is 17.8. The summed E-state index contributed by atoms with van der Waals surface area (Å²) in [6, 6.07) is 6.21. The molecule has 39 heavy (non-hydrogen) atoms. The standard InChI is InChI=1S/C28H31F4N3O4/c1-39-18-2-3-23-19(14-18)26(22(32)16-34-23)24(36)4-5-28(15-25(37)38)6-9-35(10-7-28)11-8-33-27-20(30)12-17(29)13-21(27)31/h2-3,12-14,16,24,33,36H,4-11,15H2,1H3,(H,37,38)/t24-/m1/s1. The number of pyridine rings is 1. The highest BCUT2D eigenvalue weighted by atomic mass is 19.1. The summed E-state index contributed by atoms with van der Waals surface area (Å²) in [6.45, 7) is 1.74. The quantitative estimate of drug-likeness (QED) is 0.280. The molecule has 0 spiro atoms. The van der Waals surface area contributed by atoms with Gasteiger partial charge in [0.15, 0.2) is 11.6 Å². The van der Waals surface area contributed by atoms with Crippen molar-refractivity contribution < 1.29 is 37.3 Å². The molecular formula is C28H31F4N3O4. The fourth-order valence-electron chi connectivity index (χ4n) is 5.36. The van der Waals surface area contributed by atoms with E-state index in [9.17, 15) is 32.6 Å². The molecule has 4 rings (SSSR count). The molecule has 3 aromatic rings. The fourth-order valence-corrected chi connectivity index (χ4v) is 5.36. The molecule has 1 fully saturated rings. The lowest BCUT2D eigenvalue weighted by atomic mass is 9.71. The molecule has 2 aromatic carbocycles. The molecular weight excluding hydrogens is 518 g/mol. The number of nitrogens with one attached hydrogen (secondary N) is 1. The molecule has 11 heteroatoms. The first-order valence-electron chi connectivity index (χ1n) is 12.7. The van der Waals surface area contributed by atoms with Gasteiger partial charge in [0.25, 0.3) is 0 Å². The molecule has 1 saturated heterocycles. The number of fused-ring (bicyclic) bond motifs is 1. The second-order valence-corrected chi connectivity index (χ2v) is 10.0. The summed E-state index contributed by atoms with van der Waals surface area (Å²) in [6.07, 6.45) is 1.38. The van der Waals surface area contributed by atoms with Gasteiger partial charge in [-0.1, -0.05) is 0 Å². The zero-order valence-corrected chi connectivity index (χ0v) is 21.5. The average molecular weight is 550 g/mol. The van der Waals surface area contributed by atoms with Gasteiger partial charge in [-0.05, 0) is 62.4 Å². The molecule has 0 unspecified atom stereocenters. The van der Waals surface area contributed by atoms with Crippen LogP contribution in [0.3, 0.4) is 0 Å². The van der Waals surface area contributed by atoms with Crippen LogP contribution in [0.2, 0.25) is 0 Å². The first-order chi connectivity index (χ1) is 18.6. The molecule has 0 aliphatic carbocycles. The third kappa shape index (κ3) is 6.77. The van der Waals surface area contributed by atoms with Crippen LogP contribution in [-0.4, -0.2) is 59.4 Å². The minimum Gasteiger partial charge on any atom is -0.497 e. The third-order valence-corrected chi connectivity index (χ3v) is 7.53. The van der Waals surface area contributed by atoms with E-state index in [0.29, 0.717) is 67.7 Å². The maximum absolute atomic E-state index is 14.8. The number of hydrogen-bond donors (Lipinski definition) is 3. The van der Waals surface area contributed by atoms with Crippen LogP contribution in [0, 0.1) is 28.7 Å². The fraction of sp³-hybridized carbons (Fsp3) is 0.429. The summed E-state index contributed by atoms with van der Waals surface area (Å²) in [5.74, 6) is -4.12. The van der Waals surface area contributed by atoms with Gasteiger partial charge in [0.05, 0.1) is 31.3 Å². The molecule has 1 aromatic heterocycles. The molecule has 1 aliphatic heterocycles. The Balaban J connectivity index is 1.39. The maximum atomic E-state index is 14.8. The second kappa shape index (κ2) is 12.2. The number of carboxylic acids is 1. The highest BCUT2D eigenvalue weighted by Gasteiger charge is 2.37. The molecule has 0 radical (unpaired) electrons. The number of rotatable bonds is 11. The lowest BCUT2D eigenvalue weighted by molar-refractivity contribution is -0.141. The van der Waals surface area contributed by atoms with Crippen molar-refractivity contribution in [1.29, 1.82) is 0 Å². The summed E-state index contributed by atoms with van der Waals surface area (Å²) in [7, 11) is 1.49. The first-order valence-corrected chi connectivity index (χ1v) is 12.7. The lowest BCUT2D eigenvalue weighted by Crippen LogP contribution is -2.43. The number of carbonyl (C=O) groups is 1. The number of benzene rings is 2. The first kappa shape index (κ1) is 28.6. The zero-order chi connectivity index (χ0) is 28.2. The third-order valence-electron chi connectivity index (χ3n) is 7.53. The minimum atomic E-state index is -1.17. The van der Waals surface area contributed by atoms with Crippen LogP contribution in [-0.2, 0) is 4.79 Å². The Morgan fingerprint density at radius 3 is 2.46 bits per heavy atom. The number of anilines is 1. The van der Waals surface area contributed by atoms with Crippen molar-refractivity contribution in [1.82, 2.24) is 9.88 Å². The number of aliphatic hydroxyl groups is 1. The molecule has 210 valence electrons. The summed E-state index contributed by atoms with van der Waals surface area (Å²) in [5.41, 5.74) is -0.374. The van der Waals surface area contributed by atoms with E-state index in [2.05, 4.69) is 10.3 Å². The average Bonchev–Trinajstić information content (AvgIpc) is 2.89. The van der Waals surface area contributed by atoms with Crippen LogP contribution in [0.4, 0.5) is 23.2 Å². The molecule has 0 amide bonds. The van der Waals surface area contributed by atoms with Crippen molar-refractivity contribution in [2.45, 2.75) is 38.2 Å². The summed E-state index contributed by atoms with van der Waals surface area (Å²) >= 11 is 0. The maximum Gasteiger partial charge on any atom is 0.303 e. The lowest BCUT2D eigenvalue weighted by Gasteiger charge is -2.41. The number of hydrogen-bond acceptors (Lipinski definition) is 6. The van der Waals surface area contributed by atoms with Gasteiger partial charge >= 0.3 is 5.97 Å². The Morgan fingerprint density at radius 2 is 1.82 bits per heavy atom. The van der Waals surface area contributed by atoms with E-state index in [-0.39, 0.29) is 24.9 Å². The highest BCUT2D eigenvalue weighted by molar-refractivity contribution is 5.84. The molecule has 0 saturated carbocycles. The Labute approximate surface area is 223 Å². The van der Waals surface area contributed by atoms with Gasteiger partial charge in [-0.25, -0.2) is 17.6 Å². The number of ether oxygens (including phenoxy) is 1. The highest BCUT2D eigenvalue weighted by Crippen LogP contribution is 2.42. The van der Waals surface area contributed by atoms with Gasteiger partial charge in [0.1, 0.15) is 23.1 Å². The van der Waals surface area contributed by atoms with Crippen LogP contribution in [0.1, 0.15) is 43.8 Å². The van der Waals surface area contributed by atoms with Gasteiger partial charge in [-0.3, -0.25) is 9.78 Å². The van der Waals surface area contributed by atoms with E-state index in [1.165, 1.54) is 7.11 Å². The van der Waals surface area contributed by atoms with Crippen molar-refractivity contribution in [3.8, 4) is 5.75 Å². The molecule has 1 aliphatic rings.